The Bertz CT molecular complexity index is 569. The SMILES string of the molecule is CCOCCS(=O)(=O)N1CCc2cc(C)c(N)cc21. The molecule has 1 aliphatic rings. The summed E-state index contributed by atoms with van der Waals surface area (Å²) in [5, 5.41) is 0. The summed E-state index contributed by atoms with van der Waals surface area (Å²) >= 11 is 0. The summed E-state index contributed by atoms with van der Waals surface area (Å²) in [7, 11) is -3.32. The minimum absolute atomic E-state index is 0.00800. The summed E-state index contributed by atoms with van der Waals surface area (Å²) in [5.74, 6) is 0.00800. The van der Waals surface area contributed by atoms with Crippen LogP contribution >= 0.6 is 0 Å². The molecule has 6 heteroatoms. The van der Waals surface area contributed by atoms with Crippen LogP contribution in [0.1, 0.15) is 18.1 Å². The van der Waals surface area contributed by atoms with Crippen molar-refractivity contribution >= 4 is 21.4 Å². The predicted molar refractivity (Wildman–Crippen MR) is 76.9 cm³/mol. The maximum atomic E-state index is 12.3. The largest absolute Gasteiger partial charge is 0.398 e. The number of fused-ring (bicyclic) bond motifs is 1. The van der Waals surface area contributed by atoms with Gasteiger partial charge in [-0.1, -0.05) is 6.07 Å². The Balaban J connectivity index is 2.24. The molecule has 0 atom stereocenters. The third-order valence-electron chi connectivity index (χ3n) is 3.35. The van der Waals surface area contributed by atoms with Crippen LogP contribution in [0.3, 0.4) is 0 Å². The predicted octanol–water partition coefficient (Wildman–Crippen LogP) is 1.31. The van der Waals surface area contributed by atoms with Gasteiger partial charge < -0.3 is 10.5 Å². The van der Waals surface area contributed by atoms with Gasteiger partial charge in [-0.25, -0.2) is 8.42 Å². The molecular formula is C13H20N2O3S. The lowest BCUT2D eigenvalue weighted by Gasteiger charge is -2.20. The summed E-state index contributed by atoms with van der Waals surface area (Å²) in [4.78, 5) is 0. The molecule has 2 N–H and O–H groups in total. The zero-order chi connectivity index (χ0) is 14.0. The van der Waals surface area contributed by atoms with Crippen molar-refractivity contribution in [2.24, 2.45) is 0 Å². The van der Waals surface area contributed by atoms with Crippen LogP contribution in [0, 0.1) is 6.92 Å². The van der Waals surface area contributed by atoms with E-state index in [4.69, 9.17) is 10.5 Å². The van der Waals surface area contributed by atoms with E-state index in [-0.39, 0.29) is 12.4 Å². The molecule has 0 radical (unpaired) electrons. The lowest BCUT2D eigenvalue weighted by atomic mass is 10.1. The molecule has 0 aromatic heterocycles. The molecule has 0 fully saturated rings. The van der Waals surface area contributed by atoms with E-state index in [1.807, 2.05) is 19.9 Å². The summed E-state index contributed by atoms with van der Waals surface area (Å²) in [6.45, 7) is 5.03. The van der Waals surface area contributed by atoms with Crippen LogP contribution in [-0.2, 0) is 21.2 Å². The maximum absolute atomic E-state index is 12.3. The maximum Gasteiger partial charge on any atom is 0.237 e. The number of nitrogens with zero attached hydrogens (tertiary/aromatic N) is 1. The van der Waals surface area contributed by atoms with Crippen molar-refractivity contribution < 1.29 is 13.2 Å². The van der Waals surface area contributed by atoms with Gasteiger partial charge in [-0.3, -0.25) is 4.31 Å². The number of ether oxygens (including phenoxy) is 1. The van der Waals surface area contributed by atoms with Gasteiger partial charge in [0.15, 0.2) is 0 Å². The first-order chi connectivity index (χ1) is 8.95. The molecule has 2 rings (SSSR count). The zero-order valence-electron chi connectivity index (χ0n) is 11.3. The van der Waals surface area contributed by atoms with Crippen molar-refractivity contribution in [2.45, 2.75) is 20.3 Å². The number of sulfonamides is 1. The normalized spacial score (nSPS) is 14.7. The highest BCUT2D eigenvalue weighted by Gasteiger charge is 2.29. The average molecular weight is 284 g/mol. The molecule has 0 spiro atoms. The molecule has 0 bridgehead atoms. The monoisotopic (exact) mass is 284 g/mol. The molecule has 1 aliphatic heterocycles. The third kappa shape index (κ3) is 2.84. The van der Waals surface area contributed by atoms with Gasteiger partial charge in [0.2, 0.25) is 10.0 Å². The molecule has 19 heavy (non-hydrogen) atoms. The van der Waals surface area contributed by atoms with Crippen LogP contribution in [0.25, 0.3) is 0 Å². The number of rotatable bonds is 5. The summed E-state index contributed by atoms with van der Waals surface area (Å²) in [6, 6.07) is 3.73. The van der Waals surface area contributed by atoms with Crippen molar-refractivity contribution in [1.82, 2.24) is 0 Å². The van der Waals surface area contributed by atoms with Crippen molar-refractivity contribution in [3.05, 3.63) is 23.3 Å². The second-order valence-electron chi connectivity index (χ2n) is 4.67. The molecule has 1 aromatic carbocycles. The Kier molecular flexibility index (Phi) is 4.01. The van der Waals surface area contributed by atoms with E-state index in [2.05, 4.69) is 0 Å². The third-order valence-corrected chi connectivity index (χ3v) is 5.08. The highest BCUT2D eigenvalue weighted by atomic mass is 32.2. The first-order valence-electron chi connectivity index (χ1n) is 6.43. The minimum Gasteiger partial charge on any atom is -0.398 e. The summed E-state index contributed by atoms with van der Waals surface area (Å²) in [6.07, 6.45) is 0.740. The Morgan fingerprint density at radius 3 is 2.84 bits per heavy atom. The van der Waals surface area contributed by atoms with Crippen LogP contribution in [0.5, 0.6) is 0 Å². The highest BCUT2D eigenvalue weighted by Crippen LogP contribution is 2.33. The minimum atomic E-state index is -3.32. The van der Waals surface area contributed by atoms with E-state index in [1.165, 1.54) is 4.31 Å². The molecule has 5 nitrogen and oxygen atoms in total. The number of hydrogen-bond acceptors (Lipinski definition) is 4. The van der Waals surface area contributed by atoms with E-state index in [1.54, 1.807) is 6.07 Å². The number of anilines is 2. The van der Waals surface area contributed by atoms with Gasteiger partial charge in [0.05, 0.1) is 18.0 Å². The van der Waals surface area contributed by atoms with Gasteiger partial charge in [-0.15, -0.1) is 0 Å². The van der Waals surface area contributed by atoms with E-state index >= 15 is 0 Å². The van der Waals surface area contributed by atoms with Gasteiger partial charge in [0.25, 0.3) is 0 Å². The first kappa shape index (κ1) is 14.1. The lowest BCUT2D eigenvalue weighted by Crippen LogP contribution is -2.33. The standard InChI is InChI=1S/C13H20N2O3S/c1-3-18-6-7-19(16,17)15-5-4-11-8-10(2)12(14)9-13(11)15/h8-9H,3-7,14H2,1-2H3. The van der Waals surface area contributed by atoms with Gasteiger partial charge in [-0.05, 0) is 37.5 Å². The molecule has 0 amide bonds. The number of hydrogen-bond donors (Lipinski definition) is 1. The highest BCUT2D eigenvalue weighted by molar-refractivity contribution is 7.92. The molecule has 0 aliphatic carbocycles. The first-order valence-corrected chi connectivity index (χ1v) is 8.03. The topological polar surface area (TPSA) is 72.6 Å². The van der Waals surface area contributed by atoms with E-state index < -0.39 is 10.0 Å². The number of nitrogen functional groups attached to an aromatic ring is 1. The number of aryl methyl sites for hydroxylation is 1. The fourth-order valence-electron chi connectivity index (χ4n) is 2.25. The summed E-state index contributed by atoms with van der Waals surface area (Å²) in [5.41, 5.74) is 9.27. The number of benzene rings is 1. The lowest BCUT2D eigenvalue weighted by molar-refractivity contribution is 0.163. The van der Waals surface area contributed by atoms with E-state index in [0.717, 1.165) is 23.2 Å². The Morgan fingerprint density at radius 1 is 1.42 bits per heavy atom. The summed E-state index contributed by atoms with van der Waals surface area (Å²) < 4.78 is 31.1. The molecule has 0 unspecified atom stereocenters. The fourth-order valence-corrected chi connectivity index (χ4v) is 3.64. The van der Waals surface area contributed by atoms with Crippen LogP contribution < -0.4 is 10.0 Å². The van der Waals surface area contributed by atoms with Crippen molar-refractivity contribution in [3.8, 4) is 0 Å². The van der Waals surface area contributed by atoms with E-state index in [0.29, 0.717) is 18.8 Å². The molecule has 0 saturated heterocycles. The molecule has 1 heterocycles. The smallest absolute Gasteiger partial charge is 0.237 e. The van der Waals surface area contributed by atoms with Crippen LogP contribution in [0.4, 0.5) is 11.4 Å². The van der Waals surface area contributed by atoms with Gasteiger partial charge >= 0.3 is 0 Å². The van der Waals surface area contributed by atoms with E-state index in [9.17, 15) is 8.42 Å². The second kappa shape index (κ2) is 5.38. The quantitative estimate of drug-likeness (QED) is 0.653. The Hall–Kier alpha value is -1.27. The zero-order valence-corrected chi connectivity index (χ0v) is 12.2. The van der Waals surface area contributed by atoms with Crippen LogP contribution in [-0.4, -0.2) is 33.9 Å². The average Bonchev–Trinajstić information content (AvgIpc) is 2.73. The molecular weight excluding hydrogens is 264 g/mol. The Labute approximate surface area is 114 Å². The van der Waals surface area contributed by atoms with Crippen LogP contribution in [0.15, 0.2) is 12.1 Å². The van der Waals surface area contributed by atoms with Gasteiger partial charge in [-0.2, -0.15) is 0 Å². The fraction of sp³-hybridized carbons (Fsp3) is 0.538. The second-order valence-corrected chi connectivity index (χ2v) is 6.69. The van der Waals surface area contributed by atoms with Crippen LogP contribution in [0.2, 0.25) is 0 Å². The molecule has 1 aromatic rings. The van der Waals surface area contributed by atoms with Crippen molar-refractivity contribution in [1.29, 1.82) is 0 Å². The Morgan fingerprint density at radius 2 is 2.16 bits per heavy atom. The molecule has 106 valence electrons. The van der Waals surface area contributed by atoms with Gasteiger partial charge in [0, 0.05) is 18.8 Å². The van der Waals surface area contributed by atoms with Crippen molar-refractivity contribution in [2.75, 3.05) is 35.6 Å². The van der Waals surface area contributed by atoms with Crippen molar-refractivity contribution in [3.63, 3.8) is 0 Å². The number of nitrogens with two attached hydrogens (primary N) is 1. The molecule has 0 saturated carbocycles. The van der Waals surface area contributed by atoms with Gasteiger partial charge in [0.1, 0.15) is 0 Å².